The molecule has 0 heterocycles. The van der Waals surface area contributed by atoms with E-state index in [0.29, 0.717) is 0 Å². The van der Waals surface area contributed by atoms with Crippen LogP contribution in [0.5, 0.6) is 0 Å². The molecule has 0 aliphatic heterocycles. The molecule has 74 valence electrons. The summed E-state index contributed by atoms with van der Waals surface area (Å²) in [6, 6.07) is 0. The topological polar surface area (TPSA) is 0 Å². The molecule has 3 aliphatic rings. The summed E-state index contributed by atoms with van der Waals surface area (Å²) in [5.74, 6) is 4.70. The van der Waals surface area contributed by atoms with E-state index in [2.05, 4.69) is 0 Å². The van der Waals surface area contributed by atoms with Crippen LogP contribution in [0.15, 0.2) is 0 Å². The van der Waals surface area contributed by atoms with Gasteiger partial charge in [0.25, 0.3) is 0 Å². The molecule has 0 spiro atoms. The first kappa shape index (κ1) is 8.32. The van der Waals surface area contributed by atoms with Crippen LogP contribution in [-0.4, -0.2) is 0 Å². The zero-order valence-corrected chi connectivity index (χ0v) is 8.67. The van der Waals surface area contributed by atoms with Gasteiger partial charge in [-0.2, -0.15) is 0 Å². The van der Waals surface area contributed by atoms with Gasteiger partial charge in [0.05, 0.1) is 0 Å². The molecular weight excluding hydrogens is 156 g/mol. The van der Waals surface area contributed by atoms with E-state index in [1.54, 1.807) is 57.8 Å². The Balaban J connectivity index is 1.76. The van der Waals surface area contributed by atoms with Gasteiger partial charge in [-0.25, -0.2) is 0 Å². The van der Waals surface area contributed by atoms with Gasteiger partial charge in [-0.1, -0.05) is 38.5 Å². The van der Waals surface area contributed by atoms with Crippen molar-refractivity contribution >= 4 is 0 Å². The summed E-state index contributed by atoms with van der Waals surface area (Å²) in [5, 5.41) is 0. The minimum Gasteiger partial charge on any atom is -0.0530 e. The van der Waals surface area contributed by atoms with Crippen LogP contribution in [0.2, 0.25) is 0 Å². The summed E-state index contributed by atoms with van der Waals surface area (Å²) in [7, 11) is 0. The molecule has 0 aromatic carbocycles. The molecule has 3 unspecified atom stereocenters. The molecule has 0 amide bonds. The highest BCUT2D eigenvalue weighted by molar-refractivity contribution is 4.94. The summed E-state index contributed by atoms with van der Waals surface area (Å²) >= 11 is 0. The quantitative estimate of drug-likeness (QED) is 0.526. The standard InChI is InChI=1S/C13H22/c1-3-7-12-10(5-1)9-11-6-2-4-8-13(11)12/h10-13H,1-9H2/t10-,11?,12?,13?/m1/s1. The minimum absolute atomic E-state index is 1.17. The summed E-state index contributed by atoms with van der Waals surface area (Å²) in [6.45, 7) is 0. The first-order chi connectivity index (χ1) is 6.45. The average Bonchev–Trinajstić information content (AvgIpc) is 2.56. The van der Waals surface area contributed by atoms with Gasteiger partial charge in [-0.15, -0.1) is 0 Å². The van der Waals surface area contributed by atoms with Crippen molar-refractivity contribution in [2.24, 2.45) is 23.7 Å². The summed E-state index contributed by atoms with van der Waals surface area (Å²) < 4.78 is 0. The molecule has 3 rings (SSSR count). The maximum Gasteiger partial charge on any atom is -0.0355 e. The van der Waals surface area contributed by atoms with Crippen molar-refractivity contribution in [3.63, 3.8) is 0 Å². The SMILES string of the molecule is C1CCC2C(C1)C[C@H]1CCCCC21. The van der Waals surface area contributed by atoms with Gasteiger partial charge in [0.2, 0.25) is 0 Å². The third-order valence-corrected chi connectivity index (χ3v) is 5.09. The van der Waals surface area contributed by atoms with Crippen LogP contribution in [-0.2, 0) is 0 Å². The van der Waals surface area contributed by atoms with Gasteiger partial charge in [0.1, 0.15) is 0 Å². The van der Waals surface area contributed by atoms with Gasteiger partial charge in [0.15, 0.2) is 0 Å². The van der Waals surface area contributed by atoms with E-state index in [-0.39, 0.29) is 0 Å². The Morgan fingerprint density at radius 1 is 0.538 bits per heavy atom. The third-order valence-electron chi connectivity index (χ3n) is 5.09. The van der Waals surface area contributed by atoms with E-state index in [1.807, 2.05) is 0 Å². The highest BCUT2D eigenvalue weighted by atomic mass is 14.5. The van der Waals surface area contributed by atoms with Gasteiger partial charge in [-0.05, 0) is 42.9 Å². The molecule has 3 aliphatic carbocycles. The Morgan fingerprint density at radius 2 is 1.00 bits per heavy atom. The van der Waals surface area contributed by atoms with E-state index in [4.69, 9.17) is 0 Å². The maximum atomic E-state index is 1.62. The normalized spacial score (nSPS) is 49.8. The van der Waals surface area contributed by atoms with Crippen LogP contribution in [0, 0.1) is 23.7 Å². The predicted molar refractivity (Wildman–Crippen MR) is 55.5 cm³/mol. The van der Waals surface area contributed by atoms with Crippen LogP contribution < -0.4 is 0 Å². The van der Waals surface area contributed by atoms with Crippen LogP contribution in [0.4, 0.5) is 0 Å². The Labute approximate surface area is 82.1 Å². The van der Waals surface area contributed by atoms with Gasteiger partial charge < -0.3 is 0 Å². The summed E-state index contributed by atoms with van der Waals surface area (Å²) in [6.07, 6.45) is 14.1. The Kier molecular flexibility index (Phi) is 2.11. The number of hydrogen-bond acceptors (Lipinski definition) is 0. The molecule has 3 saturated carbocycles. The Hall–Kier alpha value is 0. The maximum absolute atomic E-state index is 1.62. The molecular formula is C13H22. The average molecular weight is 178 g/mol. The molecule has 0 N–H and O–H groups in total. The third kappa shape index (κ3) is 1.33. The highest BCUT2D eigenvalue weighted by Crippen LogP contribution is 2.53. The van der Waals surface area contributed by atoms with Crippen LogP contribution in [0.1, 0.15) is 57.8 Å². The lowest BCUT2D eigenvalue weighted by molar-refractivity contribution is 0.184. The van der Waals surface area contributed by atoms with Crippen molar-refractivity contribution in [2.45, 2.75) is 57.8 Å². The lowest BCUT2D eigenvalue weighted by Crippen LogP contribution is -2.22. The van der Waals surface area contributed by atoms with Crippen LogP contribution in [0.25, 0.3) is 0 Å². The first-order valence-corrected chi connectivity index (χ1v) is 6.45. The molecule has 0 saturated heterocycles. The highest BCUT2D eigenvalue weighted by Gasteiger charge is 2.43. The molecule has 0 heteroatoms. The number of fused-ring (bicyclic) bond motifs is 3. The van der Waals surface area contributed by atoms with Gasteiger partial charge in [0, 0.05) is 0 Å². The van der Waals surface area contributed by atoms with Crippen LogP contribution in [0.3, 0.4) is 0 Å². The number of rotatable bonds is 0. The fraction of sp³-hybridized carbons (Fsp3) is 1.00. The number of hydrogen-bond donors (Lipinski definition) is 0. The molecule has 0 nitrogen and oxygen atoms in total. The van der Waals surface area contributed by atoms with E-state index < -0.39 is 0 Å². The minimum atomic E-state index is 1.17. The fourth-order valence-corrected chi connectivity index (χ4v) is 4.57. The molecule has 13 heavy (non-hydrogen) atoms. The Bertz CT molecular complexity index is 164. The summed E-state index contributed by atoms with van der Waals surface area (Å²) in [4.78, 5) is 0. The monoisotopic (exact) mass is 178 g/mol. The van der Waals surface area contributed by atoms with Crippen molar-refractivity contribution < 1.29 is 0 Å². The smallest absolute Gasteiger partial charge is 0.0355 e. The second kappa shape index (κ2) is 3.29. The van der Waals surface area contributed by atoms with Crippen molar-refractivity contribution in [3.8, 4) is 0 Å². The second-order valence-electron chi connectivity index (χ2n) is 5.65. The molecule has 4 atom stereocenters. The lowest BCUT2D eigenvalue weighted by atomic mass is 9.73. The molecule has 0 radical (unpaired) electrons. The van der Waals surface area contributed by atoms with Crippen molar-refractivity contribution in [2.75, 3.05) is 0 Å². The Morgan fingerprint density at radius 3 is 1.54 bits per heavy atom. The predicted octanol–water partition coefficient (Wildman–Crippen LogP) is 4.00. The summed E-state index contributed by atoms with van der Waals surface area (Å²) in [5.41, 5.74) is 0. The van der Waals surface area contributed by atoms with Crippen LogP contribution >= 0.6 is 0 Å². The molecule has 0 aromatic rings. The van der Waals surface area contributed by atoms with Crippen molar-refractivity contribution in [1.29, 1.82) is 0 Å². The van der Waals surface area contributed by atoms with E-state index in [9.17, 15) is 0 Å². The largest absolute Gasteiger partial charge is 0.0530 e. The van der Waals surface area contributed by atoms with E-state index in [0.717, 1.165) is 0 Å². The lowest BCUT2D eigenvalue weighted by Gasteiger charge is -2.32. The second-order valence-corrected chi connectivity index (χ2v) is 5.65. The molecule has 0 bridgehead atoms. The van der Waals surface area contributed by atoms with E-state index in [1.165, 1.54) is 23.7 Å². The zero-order valence-electron chi connectivity index (χ0n) is 8.67. The van der Waals surface area contributed by atoms with Gasteiger partial charge >= 0.3 is 0 Å². The van der Waals surface area contributed by atoms with Gasteiger partial charge in [-0.3, -0.25) is 0 Å². The van der Waals surface area contributed by atoms with Crippen molar-refractivity contribution in [1.82, 2.24) is 0 Å². The van der Waals surface area contributed by atoms with Crippen molar-refractivity contribution in [3.05, 3.63) is 0 Å². The molecule has 0 aromatic heterocycles. The first-order valence-electron chi connectivity index (χ1n) is 6.45. The zero-order chi connectivity index (χ0) is 8.67. The fourth-order valence-electron chi connectivity index (χ4n) is 4.57. The van der Waals surface area contributed by atoms with E-state index >= 15 is 0 Å². The molecule has 3 fully saturated rings.